The zero-order chi connectivity index (χ0) is 21.7. The van der Waals surface area contributed by atoms with Crippen molar-refractivity contribution >= 4 is 23.6 Å². The van der Waals surface area contributed by atoms with Crippen LogP contribution in [-0.2, 0) is 14.3 Å². The number of esters is 1. The van der Waals surface area contributed by atoms with Crippen molar-refractivity contribution in [1.82, 2.24) is 10.4 Å². The van der Waals surface area contributed by atoms with Gasteiger partial charge >= 0.3 is 5.97 Å². The van der Waals surface area contributed by atoms with Crippen LogP contribution < -0.4 is 10.2 Å². The standard InChI is InChI=1S/C22H22N2O6/c1-14-6-3-4-9-18(14)21(27)23-24-12-16(11-20(24)26)22(28)30-13-19(25)15-7-5-8-17(10-15)29-2/h3-10,16H,11-13H2,1-2H3,(H,23,27). The van der Waals surface area contributed by atoms with Gasteiger partial charge in [0.2, 0.25) is 5.91 Å². The first kappa shape index (κ1) is 21.0. The van der Waals surface area contributed by atoms with Crippen molar-refractivity contribution in [3.63, 3.8) is 0 Å². The minimum atomic E-state index is -0.757. The zero-order valence-electron chi connectivity index (χ0n) is 16.7. The Bertz CT molecular complexity index is 987. The highest BCUT2D eigenvalue weighted by Gasteiger charge is 2.36. The smallest absolute Gasteiger partial charge is 0.311 e. The van der Waals surface area contributed by atoms with E-state index in [1.807, 2.05) is 6.07 Å². The number of carbonyl (C=O) groups is 4. The molecule has 30 heavy (non-hydrogen) atoms. The van der Waals surface area contributed by atoms with Gasteiger partial charge in [0.25, 0.3) is 5.91 Å². The Morgan fingerprint density at radius 2 is 1.90 bits per heavy atom. The molecule has 0 aliphatic carbocycles. The largest absolute Gasteiger partial charge is 0.497 e. The molecule has 1 unspecified atom stereocenters. The lowest BCUT2D eigenvalue weighted by Crippen LogP contribution is -2.43. The third-order valence-corrected chi connectivity index (χ3v) is 4.82. The van der Waals surface area contributed by atoms with Crippen molar-refractivity contribution < 1.29 is 28.7 Å². The molecule has 0 spiro atoms. The van der Waals surface area contributed by atoms with E-state index in [-0.39, 0.29) is 18.7 Å². The topological polar surface area (TPSA) is 102 Å². The third kappa shape index (κ3) is 4.83. The quantitative estimate of drug-likeness (QED) is 0.553. The minimum absolute atomic E-state index is 0.0113. The highest BCUT2D eigenvalue weighted by Crippen LogP contribution is 2.19. The zero-order valence-corrected chi connectivity index (χ0v) is 16.7. The van der Waals surface area contributed by atoms with Gasteiger partial charge < -0.3 is 9.47 Å². The van der Waals surface area contributed by atoms with Crippen LogP contribution in [0.5, 0.6) is 5.75 Å². The van der Waals surface area contributed by atoms with E-state index in [0.717, 1.165) is 10.6 Å². The lowest BCUT2D eigenvalue weighted by molar-refractivity contribution is -0.147. The summed E-state index contributed by atoms with van der Waals surface area (Å²) in [6.07, 6.45) is -0.0970. The number of hydrazine groups is 1. The number of nitrogens with zero attached hydrogens (tertiary/aromatic N) is 1. The molecule has 0 bridgehead atoms. The Balaban J connectivity index is 1.54. The Morgan fingerprint density at radius 3 is 2.63 bits per heavy atom. The highest BCUT2D eigenvalue weighted by molar-refractivity contribution is 5.99. The maximum absolute atomic E-state index is 12.4. The number of ether oxygens (including phenoxy) is 2. The maximum Gasteiger partial charge on any atom is 0.311 e. The molecule has 2 aromatic carbocycles. The number of nitrogens with one attached hydrogen (secondary N) is 1. The van der Waals surface area contributed by atoms with Gasteiger partial charge in [-0.25, -0.2) is 0 Å². The van der Waals surface area contributed by atoms with E-state index in [1.54, 1.807) is 49.4 Å². The van der Waals surface area contributed by atoms with Crippen molar-refractivity contribution in [2.45, 2.75) is 13.3 Å². The van der Waals surface area contributed by atoms with E-state index in [0.29, 0.717) is 16.9 Å². The Kier molecular flexibility index (Phi) is 6.46. The fraction of sp³-hybridized carbons (Fsp3) is 0.273. The molecule has 0 saturated carbocycles. The second-order valence-electron chi connectivity index (χ2n) is 6.92. The summed E-state index contributed by atoms with van der Waals surface area (Å²) in [5, 5.41) is 1.12. The number of methoxy groups -OCH3 is 1. The summed E-state index contributed by atoms with van der Waals surface area (Å²) >= 11 is 0. The van der Waals surface area contributed by atoms with E-state index in [4.69, 9.17) is 9.47 Å². The van der Waals surface area contributed by atoms with Gasteiger partial charge in [-0.2, -0.15) is 0 Å². The lowest BCUT2D eigenvalue weighted by atomic mass is 10.1. The van der Waals surface area contributed by atoms with Crippen LogP contribution in [0.4, 0.5) is 0 Å². The minimum Gasteiger partial charge on any atom is -0.497 e. The Morgan fingerprint density at radius 1 is 1.13 bits per heavy atom. The Labute approximate surface area is 173 Å². The SMILES string of the molecule is COc1cccc(C(=O)COC(=O)C2CC(=O)N(NC(=O)c3ccccc3C)C2)c1. The molecule has 3 rings (SSSR count). The van der Waals surface area contributed by atoms with Gasteiger partial charge in [0.15, 0.2) is 12.4 Å². The number of rotatable bonds is 7. The molecule has 2 amide bonds. The first-order chi connectivity index (χ1) is 14.4. The summed E-state index contributed by atoms with van der Waals surface area (Å²) in [7, 11) is 1.49. The summed E-state index contributed by atoms with van der Waals surface area (Å²) < 4.78 is 10.2. The van der Waals surface area contributed by atoms with Crippen molar-refractivity contribution in [3.05, 3.63) is 65.2 Å². The third-order valence-electron chi connectivity index (χ3n) is 4.82. The van der Waals surface area contributed by atoms with Crippen LogP contribution in [0.2, 0.25) is 0 Å². The molecule has 1 saturated heterocycles. The molecule has 1 atom stereocenters. The molecule has 0 radical (unpaired) electrons. The van der Waals surface area contributed by atoms with Gasteiger partial charge in [-0.15, -0.1) is 0 Å². The van der Waals surface area contributed by atoms with Crippen LogP contribution in [0.3, 0.4) is 0 Å². The van der Waals surface area contributed by atoms with Crippen molar-refractivity contribution in [2.24, 2.45) is 5.92 Å². The predicted molar refractivity (Wildman–Crippen MR) is 107 cm³/mol. The van der Waals surface area contributed by atoms with Gasteiger partial charge in [0.1, 0.15) is 5.75 Å². The molecule has 1 N–H and O–H groups in total. The van der Waals surface area contributed by atoms with Gasteiger partial charge in [-0.1, -0.05) is 30.3 Å². The Hall–Kier alpha value is -3.68. The monoisotopic (exact) mass is 410 g/mol. The van der Waals surface area contributed by atoms with E-state index in [1.165, 1.54) is 7.11 Å². The number of aryl methyl sites for hydroxylation is 1. The summed E-state index contributed by atoms with van der Waals surface area (Å²) in [6, 6.07) is 13.5. The van der Waals surface area contributed by atoms with Gasteiger partial charge in [0, 0.05) is 17.5 Å². The van der Waals surface area contributed by atoms with Crippen molar-refractivity contribution in [2.75, 3.05) is 20.3 Å². The molecule has 1 fully saturated rings. The summed E-state index contributed by atoms with van der Waals surface area (Å²) in [4.78, 5) is 49.1. The fourth-order valence-electron chi connectivity index (χ4n) is 3.12. The first-order valence-corrected chi connectivity index (χ1v) is 9.40. The maximum atomic E-state index is 12.4. The van der Waals surface area contributed by atoms with Crippen LogP contribution >= 0.6 is 0 Å². The fourth-order valence-corrected chi connectivity index (χ4v) is 3.12. The first-order valence-electron chi connectivity index (χ1n) is 9.40. The number of ketones is 1. The van der Waals surface area contributed by atoms with E-state index in [9.17, 15) is 19.2 Å². The van der Waals surface area contributed by atoms with Gasteiger partial charge in [0.05, 0.1) is 19.6 Å². The molecule has 0 aromatic heterocycles. The molecule has 1 heterocycles. The summed E-state index contributed by atoms with van der Waals surface area (Å²) in [5.74, 6) is -2.09. The molecule has 2 aromatic rings. The number of Topliss-reactive ketones (excluding diaryl/α,β-unsaturated/α-hetero) is 1. The average Bonchev–Trinajstić information content (AvgIpc) is 3.12. The second kappa shape index (κ2) is 9.21. The van der Waals surface area contributed by atoms with E-state index < -0.39 is 30.3 Å². The van der Waals surface area contributed by atoms with E-state index >= 15 is 0 Å². The summed E-state index contributed by atoms with van der Waals surface area (Å²) in [6.45, 7) is 1.34. The molecule has 1 aliphatic heterocycles. The second-order valence-corrected chi connectivity index (χ2v) is 6.92. The van der Waals surface area contributed by atoms with Crippen LogP contribution in [0, 0.1) is 12.8 Å². The highest BCUT2D eigenvalue weighted by atomic mass is 16.5. The van der Waals surface area contributed by atoms with Crippen LogP contribution in [0.15, 0.2) is 48.5 Å². The van der Waals surface area contributed by atoms with Crippen LogP contribution in [-0.4, -0.2) is 48.8 Å². The van der Waals surface area contributed by atoms with Gasteiger partial charge in [-0.3, -0.25) is 29.6 Å². The molecule has 1 aliphatic rings. The number of amides is 2. The normalized spacial score (nSPS) is 15.6. The van der Waals surface area contributed by atoms with Crippen LogP contribution in [0.1, 0.15) is 32.7 Å². The van der Waals surface area contributed by atoms with Gasteiger partial charge in [-0.05, 0) is 30.7 Å². The number of hydrogen-bond donors (Lipinski definition) is 1. The predicted octanol–water partition coefficient (Wildman–Crippen LogP) is 1.92. The molecular weight excluding hydrogens is 388 g/mol. The molecule has 8 nitrogen and oxygen atoms in total. The molecular formula is C22H22N2O6. The number of carbonyl (C=O) groups excluding carboxylic acids is 4. The number of benzene rings is 2. The lowest BCUT2D eigenvalue weighted by Gasteiger charge is -2.18. The molecule has 156 valence electrons. The van der Waals surface area contributed by atoms with Crippen molar-refractivity contribution in [3.8, 4) is 5.75 Å². The van der Waals surface area contributed by atoms with Crippen LogP contribution in [0.25, 0.3) is 0 Å². The number of hydrogen-bond acceptors (Lipinski definition) is 6. The van der Waals surface area contributed by atoms with Crippen molar-refractivity contribution in [1.29, 1.82) is 0 Å². The average molecular weight is 410 g/mol. The van der Waals surface area contributed by atoms with E-state index in [2.05, 4.69) is 5.43 Å². The summed E-state index contributed by atoms with van der Waals surface area (Å²) in [5.41, 5.74) is 4.10. The molecule has 8 heteroatoms.